The summed E-state index contributed by atoms with van der Waals surface area (Å²) < 4.78 is 1.12. The summed E-state index contributed by atoms with van der Waals surface area (Å²) in [5, 5.41) is 30.8. The third-order valence-corrected chi connectivity index (χ3v) is 2.44. The number of aliphatic carboxylic acids is 1. The van der Waals surface area contributed by atoms with Gasteiger partial charge in [-0.25, -0.2) is 9.47 Å². The van der Waals surface area contributed by atoms with Crippen molar-refractivity contribution in [2.75, 3.05) is 0 Å². The molecule has 20 heavy (non-hydrogen) atoms. The lowest BCUT2D eigenvalue weighted by Crippen LogP contribution is -2.18. The number of carbonyl (C=O) groups is 1. The molecule has 0 aliphatic heterocycles. The molecule has 102 valence electrons. The molecule has 0 radical (unpaired) electrons. The van der Waals surface area contributed by atoms with E-state index < -0.39 is 10.9 Å². The molecule has 9 nitrogen and oxygen atoms in total. The monoisotopic (exact) mass is 275 g/mol. The van der Waals surface area contributed by atoms with Crippen LogP contribution in [-0.2, 0) is 11.2 Å². The number of nitro benzene ring substituents is 1. The Labute approximate surface area is 112 Å². The molecule has 0 aliphatic rings. The zero-order chi connectivity index (χ0) is 14.5. The van der Waals surface area contributed by atoms with E-state index in [1.807, 2.05) is 0 Å². The van der Waals surface area contributed by atoms with Crippen LogP contribution in [0.25, 0.3) is 0 Å². The molecule has 1 aromatic heterocycles. The van der Waals surface area contributed by atoms with E-state index in [0.29, 0.717) is 0 Å². The number of aromatic nitrogens is 3. The first-order valence-electron chi connectivity index (χ1n) is 5.46. The van der Waals surface area contributed by atoms with E-state index in [-0.39, 0.29) is 23.4 Å². The maximum absolute atomic E-state index is 11.2. The van der Waals surface area contributed by atoms with E-state index in [2.05, 4.69) is 15.3 Å². The molecule has 2 aromatic rings. The molecule has 0 fully saturated rings. The first kappa shape index (κ1) is 13.3. The number of hydrogen-bond donors (Lipinski definition) is 1. The van der Waals surface area contributed by atoms with Crippen molar-refractivity contribution < 1.29 is 14.8 Å². The number of benzene rings is 1. The number of para-hydroxylation sites is 1. The quantitative estimate of drug-likeness (QED) is 0.487. The van der Waals surface area contributed by atoms with Gasteiger partial charge in [0.05, 0.1) is 4.92 Å². The molecular weight excluding hydrogens is 266 g/mol. The highest BCUT2D eigenvalue weighted by Crippen LogP contribution is 2.18. The zero-order valence-corrected chi connectivity index (χ0v) is 10.1. The predicted molar refractivity (Wildman–Crippen MR) is 67.3 cm³/mol. The number of carboxylic acids is 1. The second-order valence-corrected chi connectivity index (χ2v) is 3.76. The van der Waals surface area contributed by atoms with Gasteiger partial charge < -0.3 is 5.11 Å². The van der Waals surface area contributed by atoms with E-state index in [1.165, 1.54) is 30.9 Å². The van der Waals surface area contributed by atoms with Gasteiger partial charge in [-0.15, -0.1) is 10.2 Å². The van der Waals surface area contributed by atoms with Crippen molar-refractivity contribution in [2.45, 2.75) is 6.42 Å². The second-order valence-electron chi connectivity index (χ2n) is 3.76. The van der Waals surface area contributed by atoms with Crippen LogP contribution in [0.15, 0.2) is 42.0 Å². The Morgan fingerprint density at radius 1 is 1.35 bits per heavy atom. The molecule has 0 saturated carbocycles. The fraction of sp³-hybridized carbons (Fsp3) is 0.0909. The molecule has 1 aromatic carbocycles. The molecule has 0 bridgehead atoms. The van der Waals surface area contributed by atoms with Gasteiger partial charge in [0.25, 0.3) is 5.69 Å². The Balaban J connectivity index is 2.35. The molecule has 0 saturated heterocycles. The molecular formula is C11H9N5O4. The minimum absolute atomic E-state index is 0.148. The molecule has 2 rings (SSSR count). The Morgan fingerprint density at radius 3 is 2.60 bits per heavy atom. The Kier molecular flexibility index (Phi) is 3.80. The van der Waals surface area contributed by atoms with Gasteiger partial charge in [0.15, 0.2) is 5.71 Å². The van der Waals surface area contributed by atoms with Gasteiger partial charge in [0, 0.05) is 18.1 Å². The lowest BCUT2D eigenvalue weighted by Gasteiger charge is -2.03. The minimum Gasteiger partial charge on any atom is -0.477 e. The van der Waals surface area contributed by atoms with Crippen molar-refractivity contribution in [3.05, 3.63) is 52.6 Å². The van der Waals surface area contributed by atoms with Crippen LogP contribution in [0, 0.1) is 10.1 Å². The number of rotatable bonds is 5. The molecule has 0 atom stereocenters. The summed E-state index contributed by atoms with van der Waals surface area (Å²) in [5.41, 5.74) is -0.129. The highest BCUT2D eigenvalue weighted by molar-refractivity contribution is 6.36. The van der Waals surface area contributed by atoms with Crippen molar-refractivity contribution in [1.29, 1.82) is 0 Å². The third-order valence-electron chi connectivity index (χ3n) is 2.44. The number of hydrogen-bond acceptors (Lipinski definition) is 6. The summed E-state index contributed by atoms with van der Waals surface area (Å²) in [6.07, 6.45) is 2.27. The summed E-state index contributed by atoms with van der Waals surface area (Å²) in [6, 6.07) is 5.91. The van der Waals surface area contributed by atoms with Crippen molar-refractivity contribution in [2.24, 2.45) is 5.10 Å². The standard InChI is InChI=1S/C11H9N5O4/c17-11(18)9(14-15-6-12-13-7-15)5-8-3-1-2-4-10(8)16(19)20/h1-4,6-7H,5H2,(H,17,18)/b14-9+. The van der Waals surface area contributed by atoms with Crippen LogP contribution in [0.1, 0.15) is 5.56 Å². The van der Waals surface area contributed by atoms with Crippen molar-refractivity contribution in [1.82, 2.24) is 14.9 Å². The molecule has 1 N–H and O–H groups in total. The molecule has 0 spiro atoms. The predicted octanol–water partition coefficient (Wildman–Crippen LogP) is 0.718. The third kappa shape index (κ3) is 3.02. The van der Waals surface area contributed by atoms with Crippen molar-refractivity contribution in [3.63, 3.8) is 0 Å². The molecule has 0 unspecified atom stereocenters. The topological polar surface area (TPSA) is 124 Å². The maximum Gasteiger partial charge on any atom is 0.352 e. The summed E-state index contributed by atoms with van der Waals surface area (Å²) >= 11 is 0. The van der Waals surface area contributed by atoms with Gasteiger partial charge >= 0.3 is 5.97 Å². The van der Waals surface area contributed by atoms with Crippen LogP contribution in [-0.4, -0.2) is 36.6 Å². The van der Waals surface area contributed by atoms with Gasteiger partial charge in [0.1, 0.15) is 12.7 Å². The summed E-state index contributed by atoms with van der Waals surface area (Å²) in [6.45, 7) is 0. The van der Waals surface area contributed by atoms with Gasteiger partial charge in [-0.3, -0.25) is 10.1 Å². The fourth-order valence-electron chi connectivity index (χ4n) is 1.56. The summed E-state index contributed by atoms with van der Waals surface area (Å²) in [4.78, 5) is 21.5. The van der Waals surface area contributed by atoms with Crippen LogP contribution in [0.2, 0.25) is 0 Å². The second kappa shape index (κ2) is 5.69. The Morgan fingerprint density at radius 2 is 2.00 bits per heavy atom. The highest BCUT2D eigenvalue weighted by Gasteiger charge is 2.18. The van der Waals surface area contributed by atoms with E-state index in [4.69, 9.17) is 5.11 Å². The first-order valence-corrected chi connectivity index (χ1v) is 5.46. The molecule has 0 amide bonds. The minimum atomic E-state index is -1.27. The van der Waals surface area contributed by atoms with E-state index >= 15 is 0 Å². The largest absolute Gasteiger partial charge is 0.477 e. The van der Waals surface area contributed by atoms with Crippen LogP contribution in [0.5, 0.6) is 0 Å². The van der Waals surface area contributed by atoms with Crippen LogP contribution in [0.4, 0.5) is 5.69 Å². The Bertz CT molecular complexity index is 665. The summed E-state index contributed by atoms with van der Waals surface area (Å²) in [7, 11) is 0. The average molecular weight is 275 g/mol. The van der Waals surface area contributed by atoms with E-state index in [0.717, 1.165) is 4.68 Å². The first-order chi connectivity index (χ1) is 9.58. The summed E-state index contributed by atoms with van der Waals surface area (Å²) in [5.74, 6) is -1.27. The smallest absolute Gasteiger partial charge is 0.352 e. The zero-order valence-electron chi connectivity index (χ0n) is 10.1. The van der Waals surface area contributed by atoms with Crippen LogP contribution < -0.4 is 0 Å². The molecule has 0 aliphatic carbocycles. The van der Waals surface area contributed by atoms with Gasteiger partial charge in [-0.1, -0.05) is 18.2 Å². The Hall–Kier alpha value is -3.10. The van der Waals surface area contributed by atoms with E-state index in [1.54, 1.807) is 6.07 Å². The lowest BCUT2D eigenvalue weighted by molar-refractivity contribution is -0.385. The molecule has 1 heterocycles. The number of nitro groups is 1. The number of nitrogens with zero attached hydrogens (tertiary/aromatic N) is 5. The van der Waals surface area contributed by atoms with Crippen LogP contribution >= 0.6 is 0 Å². The SMILES string of the molecule is O=C(O)/C(Cc1ccccc1[N+](=O)[O-])=N/n1cnnc1. The van der Waals surface area contributed by atoms with Gasteiger partial charge in [-0.2, -0.15) is 5.10 Å². The van der Waals surface area contributed by atoms with Crippen LogP contribution in [0.3, 0.4) is 0 Å². The average Bonchev–Trinajstić information content (AvgIpc) is 2.91. The van der Waals surface area contributed by atoms with Crippen molar-refractivity contribution >= 4 is 17.4 Å². The highest BCUT2D eigenvalue weighted by atomic mass is 16.6. The van der Waals surface area contributed by atoms with Gasteiger partial charge in [-0.05, 0) is 0 Å². The van der Waals surface area contributed by atoms with Gasteiger partial charge in [0.2, 0.25) is 0 Å². The van der Waals surface area contributed by atoms with E-state index in [9.17, 15) is 14.9 Å². The fourth-order valence-corrected chi connectivity index (χ4v) is 1.56. The normalized spacial score (nSPS) is 11.3. The maximum atomic E-state index is 11.2. The number of carboxylic acid groups (broad SMARTS) is 1. The van der Waals surface area contributed by atoms with Crippen molar-refractivity contribution in [3.8, 4) is 0 Å². The lowest BCUT2D eigenvalue weighted by atomic mass is 10.1. The molecule has 9 heteroatoms.